The molecule has 2 nitrogen and oxygen atoms in total. The first-order chi connectivity index (χ1) is 9.22. The van der Waals surface area contributed by atoms with E-state index in [1.807, 2.05) is 18.2 Å². The van der Waals surface area contributed by atoms with Gasteiger partial charge in [0.05, 0.1) is 15.2 Å². The summed E-state index contributed by atoms with van der Waals surface area (Å²) in [5, 5.41) is 1.18. The van der Waals surface area contributed by atoms with Gasteiger partial charge in [0.2, 0.25) is 0 Å². The van der Waals surface area contributed by atoms with E-state index in [0.29, 0.717) is 0 Å². The van der Waals surface area contributed by atoms with E-state index in [1.54, 1.807) is 11.3 Å². The first-order valence-corrected chi connectivity index (χ1v) is 7.23. The van der Waals surface area contributed by atoms with Crippen molar-refractivity contribution in [1.82, 2.24) is 4.98 Å². The lowest BCUT2D eigenvalue weighted by atomic mass is 10.0. The second-order valence-corrected chi connectivity index (χ2v) is 5.88. The van der Waals surface area contributed by atoms with E-state index >= 15 is 0 Å². The Balaban J connectivity index is 1.80. The molecule has 3 aromatic rings. The molecule has 19 heavy (non-hydrogen) atoms. The first-order valence-electron chi connectivity index (χ1n) is 6.42. The molecule has 0 aliphatic heterocycles. The van der Waals surface area contributed by atoms with Gasteiger partial charge >= 0.3 is 0 Å². The molecule has 0 radical (unpaired) electrons. The molecule has 2 aromatic carbocycles. The zero-order valence-corrected chi connectivity index (χ0v) is 11.7. The number of thiazole rings is 1. The fourth-order valence-corrected chi connectivity index (χ4v) is 3.24. The number of benzene rings is 2. The predicted octanol–water partition coefficient (Wildman–Crippen LogP) is 3.97. The molecule has 0 bridgehead atoms. The van der Waals surface area contributed by atoms with Crippen LogP contribution in [0.25, 0.3) is 10.2 Å². The van der Waals surface area contributed by atoms with Gasteiger partial charge in [-0.1, -0.05) is 24.3 Å². The van der Waals surface area contributed by atoms with Crippen LogP contribution in [0.5, 0.6) is 0 Å². The number of fused-ring (bicyclic) bond motifs is 1. The Hall–Kier alpha value is -1.87. The Kier molecular flexibility index (Phi) is 3.22. The monoisotopic (exact) mass is 268 g/mol. The number of aromatic nitrogens is 1. The van der Waals surface area contributed by atoms with Gasteiger partial charge in [0, 0.05) is 12.1 Å². The van der Waals surface area contributed by atoms with Crippen molar-refractivity contribution in [3.05, 3.63) is 58.6 Å². The average molecular weight is 268 g/mol. The van der Waals surface area contributed by atoms with Crippen LogP contribution in [0, 0.1) is 6.92 Å². The Labute approximate surface area is 116 Å². The topological polar surface area (TPSA) is 38.9 Å². The van der Waals surface area contributed by atoms with Crippen molar-refractivity contribution in [3.8, 4) is 0 Å². The summed E-state index contributed by atoms with van der Waals surface area (Å²) < 4.78 is 1.18. The summed E-state index contributed by atoms with van der Waals surface area (Å²) in [6.07, 6.45) is 2.03. The average Bonchev–Trinajstić information content (AvgIpc) is 2.79. The second-order valence-electron chi connectivity index (χ2n) is 4.76. The molecule has 0 atom stereocenters. The fraction of sp³-hybridized carbons (Fsp3) is 0.188. The lowest BCUT2D eigenvalue weighted by Gasteiger charge is -2.02. The van der Waals surface area contributed by atoms with Crippen molar-refractivity contribution in [1.29, 1.82) is 0 Å². The van der Waals surface area contributed by atoms with Gasteiger partial charge in [0.25, 0.3) is 0 Å². The molecule has 0 spiro atoms. The lowest BCUT2D eigenvalue weighted by Crippen LogP contribution is -1.93. The Morgan fingerprint density at radius 1 is 1.11 bits per heavy atom. The summed E-state index contributed by atoms with van der Waals surface area (Å²) in [5.41, 5.74) is 10.4. The number of nitrogens with zero attached hydrogens (tertiary/aromatic N) is 1. The largest absolute Gasteiger partial charge is 0.399 e. The molecular weight excluding hydrogens is 252 g/mol. The van der Waals surface area contributed by atoms with Gasteiger partial charge in [0.15, 0.2) is 0 Å². The van der Waals surface area contributed by atoms with E-state index in [-0.39, 0.29) is 0 Å². The molecule has 0 unspecified atom stereocenters. The van der Waals surface area contributed by atoms with Gasteiger partial charge in [-0.15, -0.1) is 11.3 Å². The fourth-order valence-electron chi connectivity index (χ4n) is 2.23. The molecule has 3 rings (SSSR count). The van der Waals surface area contributed by atoms with E-state index in [2.05, 4.69) is 36.2 Å². The third-order valence-corrected chi connectivity index (χ3v) is 4.40. The molecule has 3 heteroatoms. The molecule has 0 aliphatic carbocycles. The maximum atomic E-state index is 5.80. The minimum atomic E-state index is 0.807. The van der Waals surface area contributed by atoms with Crippen LogP contribution in [-0.2, 0) is 12.8 Å². The van der Waals surface area contributed by atoms with E-state index in [9.17, 15) is 0 Å². The molecule has 1 aromatic heterocycles. The van der Waals surface area contributed by atoms with Crippen LogP contribution in [0.3, 0.4) is 0 Å². The van der Waals surface area contributed by atoms with Crippen LogP contribution in [0.4, 0.5) is 5.69 Å². The Morgan fingerprint density at radius 3 is 2.79 bits per heavy atom. The summed E-state index contributed by atoms with van der Waals surface area (Å²) in [5.74, 6) is 0. The zero-order valence-electron chi connectivity index (χ0n) is 10.9. The van der Waals surface area contributed by atoms with Crippen molar-refractivity contribution in [3.63, 3.8) is 0 Å². The maximum absolute atomic E-state index is 5.80. The highest BCUT2D eigenvalue weighted by atomic mass is 32.1. The summed E-state index contributed by atoms with van der Waals surface area (Å²) in [6.45, 7) is 2.16. The van der Waals surface area contributed by atoms with Gasteiger partial charge in [-0.2, -0.15) is 0 Å². The molecule has 2 N–H and O–H groups in total. The highest BCUT2D eigenvalue weighted by Crippen LogP contribution is 2.25. The maximum Gasteiger partial charge on any atom is 0.0941 e. The summed E-state index contributed by atoms with van der Waals surface area (Å²) >= 11 is 1.75. The smallest absolute Gasteiger partial charge is 0.0941 e. The van der Waals surface area contributed by atoms with E-state index in [4.69, 9.17) is 5.73 Å². The molecule has 96 valence electrons. The first kappa shape index (κ1) is 12.2. The van der Waals surface area contributed by atoms with Crippen LogP contribution >= 0.6 is 11.3 Å². The summed E-state index contributed by atoms with van der Waals surface area (Å²) in [7, 11) is 0. The van der Waals surface area contributed by atoms with Crippen molar-refractivity contribution in [2.75, 3.05) is 5.73 Å². The normalized spacial score (nSPS) is 11.0. The molecule has 0 saturated carbocycles. The van der Waals surface area contributed by atoms with Crippen LogP contribution < -0.4 is 5.73 Å². The van der Waals surface area contributed by atoms with Gasteiger partial charge < -0.3 is 5.73 Å². The van der Waals surface area contributed by atoms with E-state index in [0.717, 1.165) is 24.0 Å². The molecule has 0 aliphatic rings. The van der Waals surface area contributed by atoms with Crippen LogP contribution in [0.2, 0.25) is 0 Å². The van der Waals surface area contributed by atoms with Crippen molar-refractivity contribution in [2.24, 2.45) is 0 Å². The summed E-state index contributed by atoms with van der Waals surface area (Å²) in [4.78, 5) is 4.66. The zero-order chi connectivity index (χ0) is 13.2. The summed E-state index contributed by atoms with van der Waals surface area (Å²) in [6, 6.07) is 14.4. The van der Waals surface area contributed by atoms with E-state index < -0.39 is 0 Å². The van der Waals surface area contributed by atoms with Crippen LogP contribution in [-0.4, -0.2) is 4.98 Å². The van der Waals surface area contributed by atoms with Gasteiger partial charge in [-0.05, 0) is 42.7 Å². The lowest BCUT2D eigenvalue weighted by molar-refractivity contribution is 0.939. The quantitative estimate of drug-likeness (QED) is 0.730. The SMILES string of the molecule is Cc1ccccc1CCc1nc2ccc(N)cc2s1. The third kappa shape index (κ3) is 2.61. The van der Waals surface area contributed by atoms with Crippen LogP contribution in [0.15, 0.2) is 42.5 Å². The highest BCUT2D eigenvalue weighted by Gasteiger charge is 2.05. The third-order valence-electron chi connectivity index (χ3n) is 3.33. The number of nitrogen functional groups attached to an aromatic ring is 1. The predicted molar refractivity (Wildman–Crippen MR) is 82.6 cm³/mol. The standard InChI is InChI=1S/C16H16N2S/c1-11-4-2-3-5-12(11)6-9-16-18-14-8-7-13(17)10-15(14)19-16/h2-5,7-8,10H,6,9,17H2,1H3. The molecule has 0 saturated heterocycles. The van der Waals surface area contributed by atoms with Crippen molar-refractivity contribution >= 4 is 27.2 Å². The van der Waals surface area contributed by atoms with E-state index in [1.165, 1.54) is 20.8 Å². The number of hydrogen-bond acceptors (Lipinski definition) is 3. The minimum Gasteiger partial charge on any atom is -0.399 e. The molecular formula is C16H16N2S. The number of nitrogens with two attached hydrogens (primary N) is 1. The van der Waals surface area contributed by atoms with Crippen molar-refractivity contribution < 1.29 is 0 Å². The van der Waals surface area contributed by atoms with Crippen LogP contribution in [0.1, 0.15) is 16.1 Å². The number of rotatable bonds is 3. The second kappa shape index (κ2) is 5.02. The van der Waals surface area contributed by atoms with Gasteiger partial charge in [-0.3, -0.25) is 0 Å². The number of hydrogen-bond donors (Lipinski definition) is 1. The van der Waals surface area contributed by atoms with Gasteiger partial charge in [0.1, 0.15) is 0 Å². The molecule has 1 heterocycles. The number of anilines is 1. The minimum absolute atomic E-state index is 0.807. The van der Waals surface area contributed by atoms with Gasteiger partial charge in [-0.25, -0.2) is 4.98 Å². The Morgan fingerprint density at radius 2 is 1.95 bits per heavy atom. The molecule has 0 fully saturated rings. The number of aryl methyl sites for hydroxylation is 3. The highest BCUT2D eigenvalue weighted by molar-refractivity contribution is 7.18. The Bertz CT molecular complexity index is 716. The molecule has 0 amide bonds. The van der Waals surface area contributed by atoms with Crippen molar-refractivity contribution in [2.45, 2.75) is 19.8 Å².